The normalized spacial score (nSPS) is 28.6. The van der Waals surface area contributed by atoms with E-state index in [9.17, 15) is 9.59 Å². The molecule has 2 amide bonds. The minimum Gasteiger partial charge on any atom is -0.338 e. The Kier molecular flexibility index (Phi) is 4.25. The fourth-order valence-electron chi connectivity index (χ4n) is 3.31. The van der Waals surface area contributed by atoms with Crippen molar-refractivity contribution in [1.29, 1.82) is 0 Å². The molecule has 18 heavy (non-hydrogen) atoms. The van der Waals surface area contributed by atoms with Crippen LogP contribution in [0.15, 0.2) is 0 Å². The molecule has 2 heterocycles. The average molecular weight is 252 g/mol. The SMILES string of the molecule is CC[C@@H]1CCCCN1C(=O)[C@@H]1CCCN1C(C)=O. The zero-order chi connectivity index (χ0) is 13.1. The predicted molar refractivity (Wildman–Crippen MR) is 70.1 cm³/mol. The van der Waals surface area contributed by atoms with Crippen molar-refractivity contribution < 1.29 is 9.59 Å². The molecule has 2 saturated heterocycles. The smallest absolute Gasteiger partial charge is 0.245 e. The molecule has 0 spiro atoms. The summed E-state index contributed by atoms with van der Waals surface area (Å²) in [6, 6.07) is 0.204. The van der Waals surface area contributed by atoms with Crippen LogP contribution in [0.3, 0.4) is 0 Å². The second kappa shape index (κ2) is 5.72. The maximum atomic E-state index is 12.6. The Hall–Kier alpha value is -1.06. The minimum atomic E-state index is -0.186. The Bertz CT molecular complexity index is 330. The van der Waals surface area contributed by atoms with Crippen molar-refractivity contribution in [1.82, 2.24) is 9.80 Å². The number of amides is 2. The van der Waals surface area contributed by atoms with Crippen LogP contribution in [0.4, 0.5) is 0 Å². The van der Waals surface area contributed by atoms with Gasteiger partial charge >= 0.3 is 0 Å². The minimum absolute atomic E-state index is 0.0379. The van der Waals surface area contributed by atoms with Crippen molar-refractivity contribution in [2.75, 3.05) is 13.1 Å². The molecule has 2 fully saturated rings. The molecule has 2 rings (SSSR count). The quantitative estimate of drug-likeness (QED) is 0.751. The van der Waals surface area contributed by atoms with Crippen LogP contribution in [-0.4, -0.2) is 46.8 Å². The maximum Gasteiger partial charge on any atom is 0.245 e. The van der Waals surface area contributed by atoms with Gasteiger partial charge in [0, 0.05) is 26.1 Å². The number of carbonyl (C=O) groups excluding carboxylic acids is 2. The molecule has 0 aromatic heterocycles. The van der Waals surface area contributed by atoms with E-state index in [2.05, 4.69) is 6.92 Å². The summed E-state index contributed by atoms with van der Waals surface area (Å²) in [6.45, 7) is 5.34. The fraction of sp³-hybridized carbons (Fsp3) is 0.857. The van der Waals surface area contributed by atoms with E-state index in [1.807, 2.05) is 4.90 Å². The lowest BCUT2D eigenvalue weighted by molar-refractivity contribution is -0.145. The summed E-state index contributed by atoms with van der Waals surface area (Å²) in [7, 11) is 0. The zero-order valence-corrected chi connectivity index (χ0v) is 11.5. The van der Waals surface area contributed by atoms with Gasteiger partial charge in [-0.2, -0.15) is 0 Å². The number of hydrogen-bond donors (Lipinski definition) is 0. The van der Waals surface area contributed by atoms with E-state index >= 15 is 0 Å². The van der Waals surface area contributed by atoms with Crippen LogP contribution in [0.2, 0.25) is 0 Å². The van der Waals surface area contributed by atoms with Gasteiger partial charge in [0.25, 0.3) is 0 Å². The lowest BCUT2D eigenvalue weighted by Crippen LogP contribution is -2.52. The first-order valence-corrected chi connectivity index (χ1v) is 7.22. The predicted octanol–water partition coefficient (Wildman–Crippen LogP) is 1.79. The highest BCUT2D eigenvalue weighted by Crippen LogP contribution is 2.25. The summed E-state index contributed by atoms with van der Waals surface area (Å²) in [5, 5.41) is 0. The van der Waals surface area contributed by atoms with Gasteiger partial charge in [-0.05, 0) is 38.5 Å². The van der Waals surface area contributed by atoms with Crippen LogP contribution >= 0.6 is 0 Å². The number of rotatable bonds is 2. The summed E-state index contributed by atoms with van der Waals surface area (Å²) in [5.41, 5.74) is 0. The van der Waals surface area contributed by atoms with Crippen molar-refractivity contribution in [3.63, 3.8) is 0 Å². The van der Waals surface area contributed by atoms with E-state index < -0.39 is 0 Å². The molecule has 0 saturated carbocycles. The van der Waals surface area contributed by atoms with Crippen molar-refractivity contribution in [2.24, 2.45) is 0 Å². The molecule has 0 aromatic carbocycles. The largest absolute Gasteiger partial charge is 0.338 e. The van der Waals surface area contributed by atoms with Crippen molar-refractivity contribution in [3.05, 3.63) is 0 Å². The van der Waals surface area contributed by atoms with Gasteiger partial charge in [-0.15, -0.1) is 0 Å². The van der Waals surface area contributed by atoms with Crippen LogP contribution < -0.4 is 0 Å². The summed E-state index contributed by atoms with van der Waals surface area (Å²) < 4.78 is 0. The van der Waals surface area contributed by atoms with Gasteiger partial charge < -0.3 is 9.80 Å². The first-order chi connectivity index (χ1) is 8.65. The maximum absolute atomic E-state index is 12.6. The molecule has 2 aliphatic rings. The second-order valence-electron chi connectivity index (χ2n) is 5.46. The monoisotopic (exact) mass is 252 g/mol. The summed E-state index contributed by atoms with van der Waals surface area (Å²) >= 11 is 0. The van der Waals surface area contributed by atoms with E-state index in [1.165, 1.54) is 6.42 Å². The van der Waals surface area contributed by atoms with Crippen LogP contribution in [0.1, 0.15) is 52.4 Å². The third kappa shape index (κ3) is 2.52. The van der Waals surface area contributed by atoms with E-state index in [-0.39, 0.29) is 17.9 Å². The molecular weight excluding hydrogens is 228 g/mol. The zero-order valence-electron chi connectivity index (χ0n) is 11.5. The highest BCUT2D eigenvalue weighted by molar-refractivity contribution is 5.87. The lowest BCUT2D eigenvalue weighted by atomic mass is 9.98. The van der Waals surface area contributed by atoms with Crippen LogP contribution in [0.5, 0.6) is 0 Å². The Morgan fingerprint density at radius 3 is 2.44 bits per heavy atom. The topological polar surface area (TPSA) is 40.6 Å². The van der Waals surface area contributed by atoms with Gasteiger partial charge in [0.2, 0.25) is 11.8 Å². The molecule has 102 valence electrons. The first-order valence-electron chi connectivity index (χ1n) is 7.22. The molecule has 0 aromatic rings. The molecule has 2 atom stereocenters. The number of likely N-dealkylation sites (tertiary alicyclic amines) is 2. The Morgan fingerprint density at radius 2 is 1.78 bits per heavy atom. The molecule has 0 bridgehead atoms. The molecule has 0 aliphatic carbocycles. The van der Waals surface area contributed by atoms with Gasteiger partial charge in [-0.3, -0.25) is 9.59 Å². The van der Waals surface area contributed by atoms with Gasteiger partial charge in [0.1, 0.15) is 6.04 Å². The molecular formula is C14H24N2O2. The molecule has 2 aliphatic heterocycles. The Balaban J connectivity index is 2.07. The van der Waals surface area contributed by atoms with E-state index in [0.717, 1.165) is 45.2 Å². The van der Waals surface area contributed by atoms with Crippen LogP contribution in [0.25, 0.3) is 0 Å². The molecule has 4 heteroatoms. The highest BCUT2D eigenvalue weighted by Gasteiger charge is 2.37. The third-order valence-electron chi connectivity index (χ3n) is 4.32. The third-order valence-corrected chi connectivity index (χ3v) is 4.32. The van der Waals surface area contributed by atoms with Gasteiger partial charge in [-0.25, -0.2) is 0 Å². The summed E-state index contributed by atoms with van der Waals surface area (Å²) in [4.78, 5) is 28.0. The van der Waals surface area contributed by atoms with Gasteiger partial charge in [0.05, 0.1) is 0 Å². The number of hydrogen-bond acceptors (Lipinski definition) is 2. The Morgan fingerprint density at radius 1 is 1.06 bits per heavy atom. The first kappa shape index (κ1) is 13.4. The molecule has 0 radical (unpaired) electrons. The van der Waals surface area contributed by atoms with Gasteiger partial charge in [0.15, 0.2) is 0 Å². The molecule has 0 unspecified atom stereocenters. The van der Waals surface area contributed by atoms with E-state index in [4.69, 9.17) is 0 Å². The van der Waals surface area contributed by atoms with E-state index in [1.54, 1.807) is 11.8 Å². The standard InChI is InChI=1S/C14H24N2O2/c1-3-12-7-4-5-9-16(12)14(18)13-8-6-10-15(13)11(2)17/h12-13H,3-10H2,1-2H3/t12-,13+/m1/s1. The number of piperidine rings is 1. The summed E-state index contributed by atoms with van der Waals surface area (Å²) in [5.74, 6) is 0.227. The second-order valence-corrected chi connectivity index (χ2v) is 5.46. The number of nitrogens with zero attached hydrogens (tertiary/aromatic N) is 2. The fourth-order valence-corrected chi connectivity index (χ4v) is 3.31. The average Bonchev–Trinajstić information content (AvgIpc) is 2.87. The van der Waals surface area contributed by atoms with E-state index in [0.29, 0.717) is 6.04 Å². The van der Waals surface area contributed by atoms with Crippen LogP contribution in [-0.2, 0) is 9.59 Å². The molecule has 4 nitrogen and oxygen atoms in total. The molecule has 0 N–H and O–H groups in total. The van der Waals surface area contributed by atoms with Crippen molar-refractivity contribution in [3.8, 4) is 0 Å². The Labute approximate surface area is 109 Å². The van der Waals surface area contributed by atoms with Crippen molar-refractivity contribution >= 4 is 11.8 Å². The van der Waals surface area contributed by atoms with Gasteiger partial charge in [-0.1, -0.05) is 6.92 Å². The van der Waals surface area contributed by atoms with Crippen LogP contribution in [0, 0.1) is 0 Å². The summed E-state index contributed by atoms with van der Waals surface area (Å²) in [6.07, 6.45) is 6.28. The lowest BCUT2D eigenvalue weighted by Gasteiger charge is -2.38. The highest BCUT2D eigenvalue weighted by atomic mass is 16.2. The number of carbonyl (C=O) groups is 2. The van der Waals surface area contributed by atoms with Crippen molar-refractivity contribution in [2.45, 2.75) is 64.5 Å².